The van der Waals surface area contributed by atoms with E-state index in [0.29, 0.717) is 16.8 Å². The molecule has 0 radical (unpaired) electrons. The van der Waals surface area contributed by atoms with Gasteiger partial charge >= 0.3 is 0 Å². The third-order valence-electron chi connectivity index (χ3n) is 2.26. The largest absolute Gasteiger partial charge is 0.365 e. The zero-order chi connectivity index (χ0) is 13.1. The topological polar surface area (TPSA) is 85.9 Å². The lowest BCUT2D eigenvalue weighted by Crippen LogP contribution is -2.02. The van der Waals surface area contributed by atoms with Crippen LogP contribution in [0.25, 0.3) is 0 Å². The highest BCUT2D eigenvalue weighted by molar-refractivity contribution is 9.10. The molecule has 0 saturated carbocycles. The highest BCUT2D eigenvalue weighted by Gasteiger charge is 2.10. The van der Waals surface area contributed by atoms with Crippen molar-refractivity contribution in [2.75, 3.05) is 5.32 Å². The maximum atomic E-state index is 10.6. The number of aromatic nitrogens is 3. The van der Waals surface area contributed by atoms with Crippen molar-refractivity contribution in [2.24, 2.45) is 7.05 Å². The van der Waals surface area contributed by atoms with E-state index in [-0.39, 0.29) is 5.69 Å². The minimum absolute atomic E-state index is 0.0474. The van der Waals surface area contributed by atoms with E-state index in [2.05, 4.69) is 31.3 Å². The fourth-order valence-corrected chi connectivity index (χ4v) is 1.88. The predicted molar refractivity (Wildman–Crippen MR) is 69.1 cm³/mol. The molecule has 7 nitrogen and oxygen atoms in total. The van der Waals surface area contributed by atoms with Crippen LogP contribution in [0.3, 0.4) is 0 Å². The summed E-state index contributed by atoms with van der Waals surface area (Å²) in [6, 6.07) is 1.42. The fraction of sp³-hybridized carbons (Fsp3) is 0.200. The van der Waals surface area contributed by atoms with Gasteiger partial charge in [-0.1, -0.05) is 0 Å². The molecule has 0 atom stereocenters. The second-order valence-electron chi connectivity index (χ2n) is 3.66. The van der Waals surface area contributed by atoms with Gasteiger partial charge in [0.1, 0.15) is 12.0 Å². The molecule has 8 heteroatoms. The molecule has 2 aromatic rings. The SMILES string of the molecule is Cn1cc(CNc2ncc([N+](=O)[O-])cc2Br)cn1. The summed E-state index contributed by atoms with van der Waals surface area (Å²) in [5, 5.41) is 17.7. The van der Waals surface area contributed by atoms with E-state index in [4.69, 9.17) is 0 Å². The van der Waals surface area contributed by atoms with Crippen molar-refractivity contribution in [1.82, 2.24) is 14.8 Å². The van der Waals surface area contributed by atoms with Crippen molar-refractivity contribution in [3.63, 3.8) is 0 Å². The van der Waals surface area contributed by atoms with Crippen LogP contribution in [0.15, 0.2) is 29.1 Å². The Morgan fingerprint density at radius 3 is 2.89 bits per heavy atom. The van der Waals surface area contributed by atoms with Crippen LogP contribution >= 0.6 is 15.9 Å². The van der Waals surface area contributed by atoms with Gasteiger partial charge in [-0.15, -0.1) is 0 Å². The molecule has 2 heterocycles. The number of anilines is 1. The maximum absolute atomic E-state index is 10.6. The van der Waals surface area contributed by atoms with Gasteiger partial charge in [0.05, 0.1) is 15.6 Å². The van der Waals surface area contributed by atoms with Crippen LogP contribution in [-0.2, 0) is 13.6 Å². The molecule has 0 aliphatic rings. The maximum Gasteiger partial charge on any atom is 0.288 e. The first-order valence-electron chi connectivity index (χ1n) is 5.07. The molecule has 0 unspecified atom stereocenters. The zero-order valence-electron chi connectivity index (χ0n) is 9.50. The average molecular weight is 312 g/mol. The summed E-state index contributed by atoms with van der Waals surface area (Å²) in [7, 11) is 1.84. The molecule has 0 aromatic carbocycles. The summed E-state index contributed by atoms with van der Waals surface area (Å²) in [5.41, 5.74) is 0.957. The number of hydrogen-bond donors (Lipinski definition) is 1. The molecular weight excluding hydrogens is 302 g/mol. The molecule has 18 heavy (non-hydrogen) atoms. The second kappa shape index (κ2) is 5.13. The van der Waals surface area contributed by atoms with Crippen LogP contribution < -0.4 is 5.32 Å². The van der Waals surface area contributed by atoms with Gasteiger partial charge in [0, 0.05) is 31.4 Å². The third-order valence-corrected chi connectivity index (χ3v) is 2.86. The Labute approximate surface area is 111 Å². The van der Waals surface area contributed by atoms with E-state index >= 15 is 0 Å². The Bertz CT molecular complexity index is 583. The van der Waals surface area contributed by atoms with Crippen LogP contribution in [0, 0.1) is 10.1 Å². The Hall–Kier alpha value is -1.96. The van der Waals surface area contributed by atoms with Gasteiger partial charge in [-0.25, -0.2) is 4.98 Å². The number of rotatable bonds is 4. The first kappa shape index (κ1) is 12.5. The molecule has 2 rings (SSSR count). The minimum atomic E-state index is -0.483. The highest BCUT2D eigenvalue weighted by Crippen LogP contribution is 2.24. The molecule has 0 bridgehead atoms. The monoisotopic (exact) mass is 311 g/mol. The highest BCUT2D eigenvalue weighted by atomic mass is 79.9. The van der Waals surface area contributed by atoms with E-state index in [1.165, 1.54) is 12.3 Å². The summed E-state index contributed by atoms with van der Waals surface area (Å²) < 4.78 is 2.26. The van der Waals surface area contributed by atoms with Crippen molar-refractivity contribution in [2.45, 2.75) is 6.54 Å². The third kappa shape index (κ3) is 2.83. The van der Waals surface area contributed by atoms with Gasteiger partial charge in [-0.3, -0.25) is 14.8 Å². The van der Waals surface area contributed by atoms with Gasteiger partial charge in [0.15, 0.2) is 0 Å². The van der Waals surface area contributed by atoms with Crippen molar-refractivity contribution in [1.29, 1.82) is 0 Å². The van der Waals surface area contributed by atoms with E-state index in [0.717, 1.165) is 5.56 Å². The van der Waals surface area contributed by atoms with E-state index in [1.807, 2.05) is 13.2 Å². The number of nitrogens with zero attached hydrogens (tertiary/aromatic N) is 4. The smallest absolute Gasteiger partial charge is 0.288 e. The van der Waals surface area contributed by atoms with Gasteiger partial charge < -0.3 is 5.32 Å². The summed E-state index contributed by atoms with van der Waals surface area (Å²) in [6.45, 7) is 0.553. The Morgan fingerprint density at radius 1 is 1.56 bits per heavy atom. The number of hydrogen-bond acceptors (Lipinski definition) is 5. The van der Waals surface area contributed by atoms with Crippen LogP contribution in [0.5, 0.6) is 0 Å². The van der Waals surface area contributed by atoms with Crippen LogP contribution in [-0.4, -0.2) is 19.7 Å². The van der Waals surface area contributed by atoms with Gasteiger partial charge in [0.2, 0.25) is 0 Å². The minimum Gasteiger partial charge on any atom is -0.365 e. The van der Waals surface area contributed by atoms with Gasteiger partial charge in [0.25, 0.3) is 5.69 Å². The van der Waals surface area contributed by atoms with Crippen molar-refractivity contribution in [3.05, 3.63) is 44.8 Å². The zero-order valence-corrected chi connectivity index (χ0v) is 11.1. The molecule has 1 N–H and O–H groups in total. The van der Waals surface area contributed by atoms with Gasteiger partial charge in [-0.2, -0.15) is 5.10 Å². The van der Waals surface area contributed by atoms with Crippen molar-refractivity contribution < 1.29 is 4.92 Å². The molecule has 0 aliphatic carbocycles. The van der Waals surface area contributed by atoms with E-state index in [1.54, 1.807) is 10.9 Å². The van der Waals surface area contributed by atoms with Crippen LogP contribution in [0.2, 0.25) is 0 Å². The quantitative estimate of drug-likeness (QED) is 0.690. The Balaban J connectivity index is 2.08. The van der Waals surface area contributed by atoms with Crippen LogP contribution in [0.1, 0.15) is 5.56 Å². The predicted octanol–water partition coefficient (Wildman–Crippen LogP) is 2.10. The van der Waals surface area contributed by atoms with Crippen molar-refractivity contribution in [3.8, 4) is 0 Å². The Morgan fingerprint density at radius 2 is 2.33 bits per heavy atom. The summed E-state index contributed by atoms with van der Waals surface area (Å²) in [4.78, 5) is 14.1. The van der Waals surface area contributed by atoms with E-state index in [9.17, 15) is 10.1 Å². The number of pyridine rings is 1. The number of aryl methyl sites for hydroxylation is 1. The first-order valence-corrected chi connectivity index (χ1v) is 5.87. The number of nitro groups is 1. The molecule has 0 saturated heterocycles. The summed E-state index contributed by atoms with van der Waals surface area (Å²) in [6.07, 6.45) is 4.84. The Kier molecular flexibility index (Phi) is 3.56. The normalized spacial score (nSPS) is 10.3. The number of nitrogens with one attached hydrogen (secondary N) is 1. The lowest BCUT2D eigenvalue weighted by Gasteiger charge is -2.05. The van der Waals surface area contributed by atoms with Crippen molar-refractivity contribution >= 4 is 27.4 Å². The second-order valence-corrected chi connectivity index (χ2v) is 4.51. The molecule has 0 fully saturated rings. The summed E-state index contributed by atoms with van der Waals surface area (Å²) >= 11 is 3.24. The average Bonchev–Trinajstić information content (AvgIpc) is 2.73. The molecular formula is C10H10BrN5O2. The summed E-state index contributed by atoms with van der Waals surface area (Å²) in [5.74, 6) is 0.560. The lowest BCUT2D eigenvalue weighted by molar-refractivity contribution is -0.385. The molecule has 94 valence electrons. The first-order chi connectivity index (χ1) is 8.56. The fourth-order valence-electron chi connectivity index (χ4n) is 1.41. The molecule has 0 aliphatic heterocycles. The molecule has 0 amide bonds. The molecule has 2 aromatic heterocycles. The van der Waals surface area contributed by atoms with Crippen LogP contribution in [0.4, 0.5) is 11.5 Å². The number of halogens is 1. The lowest BCUT2D eigenvalue weighted by atomic mass is 10.3. The van der Waals surface area contributed by atoms with E-state index < -0.39 is 4.92 Å². The standard InChI is InChI=1S/C10H10BrN5O2/c1-15-6-7(4-14-15)3-12-10-9(11)2-8(5-13-10)16(17)18/h2,4-6H,3H2,1H3,(H,12,13). The molecule has 0 spiro atoms. The van der Waals surface area contributed by atoms with Gasteiger partial charge in [-0.05, 0) is 15.9 Å².